The van der Waals surface area contributed by atoms with Crippen LogP contribution in [0.4, 0.5) is 5.69 Å². The molecule has 0 saturated heterocycles. The van der Waals surface area contributed by atoms with Crippen LogP contribution in [0.15, 0.2) is 52.9 Å². The lowest BCUT2D eigenvalue weighted by molar-refractivity contribution is 0.0991. The van der Waals surface area contributed by atoms with E-state index in [-0.39, 0.29) is 11.8 Å². The Balaban J connectivity index is 1.80. The van der Waals surface area contributed by atoms with Crippen LogP contribution in [0.3, 0.4) is 0 Å². The first-order chi connectivity index (χ1) is 10.6. The quantitative estimate of drug-likeness (QED) is 0.776. The minimum absolute atomic E-state index is 0.148. The molecule has 0 spiro atoms. The van der Waals surface area contributed by atoms with E-state index >= 15 is 0 Å². The monoisotopic (exact) mass is 333 g/mol. The third-order valence-corrected chi connectivity index (χ3v) is 3.37. The second kappa shape index (κ2) is 6.17. The van der Waals surface area contributed by atoms with Crippen molar-refractivity contribution in [2.45, 2.75) is 0 Å². The molecular formula is C15H9Cl2N3O2. The number of halogens is 2. The van der Waals surface area contributed by atoms with Gasteiger partial charge in [0.15, 0.2) is 0 Å². The summed E-state index contributed by atoms with van der Waals surface area (Å²) in [5, 5.41) is 11.0. The number of amides is 1. The Morgan fingerprint density at radius 1 is 1.05 bits per heavy atom. The predicted octanol–water partition coefficient (Wildman–Crippen LogP) is 4.30. The molecule has 0 aliphatic rings. The highest BCUT2D eigenvalue weighted by atomic mass is 35.5. The molecule has 0 aliphatic carbocycles. The van der Waals surface area contributed by atoms with Crippen molar-refractivity contribution < 1.29 is 9.21 Å². The summed E-state index contributed by atoms with van der Waals surface area (Å²) in [5.74, 6) is -0.420. The van der Waals surface area contributed by atoms with Crippen LogP contribution in [-0.2, 0) is 0 Å². The van der Waals surface area contributed by atoms with Gasteiger partial charge in [-0.3, -0.25) is 4.79 Å². The SMILES string of the molecule is O=C(Nc1ccc(Cl)cc1Cl)c1nnc(-c2ccccc2)o1. The van der Waals surface area contributed by atoms with E-state index in [4.69, 9.17) is 27.6 Å². The third-order valence-electron chi connectivity index (χ3n) is 2.82. The Kier molecular flexibility index (Phi) is 4.09. The average Bonchev–Trinajstić information content (AvgIpc) is 3.01. The summed E-state index contributed by atoms with van der Waals surface area (Å²) in [7, 11) is 0. The molecule has 1 heterocycles. The van der Waals surface area contributed by atoms with Crippen LogP contribution in [0.1, 0.15) is 10.7 Å². The first kappa shape index (κ1) is 14.6. The van der Waals surface area contributed by atoms with E-state index in [1.54, 1.807) is 12.1 Å². The summed E-state index contributed by atoms with van der Waals surface area (Å²) in [5.41, 5.74) is 1.15. The van der Waals surface area contributed by atoms with E-state index in [0.717, 1.165) is 5.56 Å². The zero-order valence-corrected chi connectivity index (χ0v) is 12.6. The Morgan fingerprint density at radius 2 is 1.82 bits per heavy atom. The Labute approximate surface area is 135 Å². The minimum atomic E-state index is -0.543. The van der Waals surface area contributed by atoms with Crippen molar-refractivity contribution in [3.05, 3.63) is 64.5 Å². The van der Waals surface area contributed by atoms with Crippen molar-refractivity contribution in [3.8, 4) is 11.5 Å². The highest BCUT2D eigenvalue weighted by Crippen LogP contribution is 2.26. The van der Waals surface area contributed by atoms with Gasteiger partial charge in [-0.25, -0.2) is 0 Å². The first-order valence-electron chi connectivity index (χ1n) is 6.29. The fourth-order valence-electron chi connectivity index (χ4n) is 1.78. The van der Waals surface area contributed by atoms with Crippen LogP contribution in [0.5, 0.6) is 0 Å². The molecule has 3 aromatic rings. The number of carbonyl (C=O) groups is 1. The molecule has 22 heavy (non-hydrogen) atoms. The summed E-state index contributed by atoms with van der Waals surface area (Å²) in [4.78, 5) is 12.1. The molecule has 0 unspecified atom stereocenters. The molecular weight excluding hydrogens is 325 g/mol. The van der Waals surface area contributed by atoms with E-state index in [2.05, 4.69) is 15.5 Å². The van der Waals surface area contributed by atoms with E-state index in [0.29, 0.717) is 15.7 Å². The molecule has 1 amide bonds. The molecule has 0 atom stereocenters. The van der Waals surface area contributed by atoms with Crippen LogP contribution < -0.4 is 5.32 Å². The number of hydrogen-bond donors (Lipinski definition) is 1. The normalized spacial score (nSPS) is 10.5. The smallest absolute Gasteiger partial charge is 0.313 e. The topological polar surface area (TPSA) is 68.0 Å². The maximum Gasteiger partial charge on any atom is 0.313 e. The lowest BCUT2D eigenvalue weighted by atomic mass is 10.2. The van der Waals surface area contributed by atoms with Gasteiger partial charge in [0.2, 0.25) is 5.89 Å². The number of nitrogens with one attached hydrogen (secondary N) is 1. The molecule has 0 radical (unpaired) electrons. The van der Waals surface area contributed by atoms with Gasteiger partial charge in [-0.2, -0.15) is 0 Å². The molecule has 0 fully saturated rings. The molecule has 1 N–H and O–H groups in total. The number of aromatic nitrogens is 2. The Morgan fingerprint density at radius 3 is 2.55 bits per heavy atom. The summed E-state index contributed by atoms with van der Waals surface area (Å²) >= 11 is 11.8. The summed E-state index contributed by atoms with van der Waals surface area (Å²) in [6.07, 6.45) is 0. The Hall–Kier alpha value is -2.37. The van der Waals surface area contributed by atoms with Crippen LogP contribution in [0.25, 0.3) is 11.5 Å². The fraction of sp³-hybridized carbons (Fsp3) is 0. The fourth-order valence-corrected chi connectivity index (χ4v) is 2.23. The van der Waals surface area contributed by atoms with Crippen molar-refractivity contribution in [2.75, 3.05) is 5.32 Å². The molecule has 1 aromatic heterocycles. The van der Waals surface area contributed by atoms with Crippen molar-refractivity contribution in [1.29, 1.82) is 0 Å². The first-order valence-corrected chi connectivity index (χ1v) is 7.04. The number of anilines is 1. The van der Waals surface area contributed by atoms with E-state index in [1.165, 1.54) is 6.07 Å². The van der Waals surface area contributed by atoms with Gasteiger partial charge in [-0.05, 0) is 30.3 Å². The summed E-state index contributed by atoms with van der Waals surface area (Å²) < 4.78 is 5.36. The van der Waals surface area contributed by atoms with Crippen LogP contribution in [0, 0.1) is 0 Å². The van der Waals surface area contributed by atoms with E-state index in [9.17, 15) is 4.79 Å². The summed E-state index contributed by atoms with van der Waals surface area (Å²) in [6.45, 7) is 0. The van der Waals surface area contributed by atoms with Crippen molar-refractivity contribution in [1.82, 2.24) is 10.2 Å². The molecule has 0 aliphatic heterocycles. The largest absolute Gasteiger partial charge is 0.412 e. The van der Waals surface area contributed by atoms with Gasteiger partial charge in [0.05, 0.1) is 10.7 Å². The maximum absolute atomic E-state index is 12.1. The van der Waals surface area contributed by atoms with Gasteiger partial charge < -0.3 is 9.73 Å². The van der Waals surface area contributed by atoms with Crippen LogP contribution in [0.2, 0.25) is 10.0 Å². The van der Waals surface area contributed by atoms with Crippen molar-refractivity contribution >= 4 is 34.8 Å². The van der Waals surface area contributed by atoms with Crippen molar-refractivity contribution in [3.63, 3.8) is 0 Å². The lowest BCUT2D eigenvalue weighted by Crippen LogP contribution is -2.12. The molecule has 3 rings (SSSR count). The number of benzene rings is 2. The molecule has 7 heteroatoms. The van der Waals surface area contributed by atoms with Gasteiger partial charge in [0, 0.05) is 10.6 Å². The number of hydrogen-bond acceptors (Lipinski definition) is 4. The van der Waals surface area contributed by atoms with Crippen LogP contribution in [-0.4, -0.2) is 16.1 Å². The second-order valence-electron chi connectivity index (χ2n) is 4.36. The van der Waals surface area contributed by atoms with Gasteiger partial charge in [-0.15, -0.1) is 10.2 Å². The Bertz CT molecular complexity index is 819. The molecule has 2 aromatic carbocycles. The number of nitrogens with zero attached hydrogens (tertiary/aromatic N) is 2. The van der Waals surface area contributed by atoms with Gasteiger partial charge in [-0.1, -0.05) is 41.4 Å². The average molecular weight is 334 g/mol. The molecule has 110 valence electrons. The lowest BCUT2D eigenvalue weighted by Gasteiger charge is -2.04. The van der Waals surface area contributed by atoms with Gasteiger partial charge in [0.1, 0.15) is 0 Å². The standard InChI is InChI=1S/C15H9Cl2N3O2/c16-10-6-7-12(11(17)8-10)18-13(21)15-20-19-14(22-15)9-4-2-1-3-5-9/h1-8H,(H,18,21). The highest BCUT2D eigenvalue weighted by Gasteiger charge is 2.17. The van der Waals surface area contributed by atoms with Gasteiger partial charge in [0.25, 0.3) is 0 Å². The zero-order chi connectivity index (χ0) is 15.5. The molecule has 5 nitrogen and oxygen atoms in total. The number of carbonyl (C=O) groups excluding carboxylic acids is 1. The van der Waals surface area contributed by atoms with Crippen molar-refractivity contribution in [2.24, 2.45) is 0 Å². The predicted molar refractivity (Wildman–Crippen MR) is 84.1 cm³/mol. The van der Waals surface area contributed by atoms with E-state index < -0.39 is 5.91 Å². The second-order valence-corrected chi connectivity index (χ2v) is 5.20. The number of rotatable bonds is 3. The highest BCUT2D eigenvalue weighted by molar-refractivity contribution is 6.36. The zero-order valence-electron chi connectivity index (χ0n) is 11.1. The van der Waals surface area contributed by atoms with Gasteiger partial charge >= 0.3 is 11.8 Å². The molecule has 0 bridgehead atoms. The van der Waals surface area contributed by atoms with Crippen LogP contribution >= 0.6 is 23.2 Å². The summed E-state index contributed by atoms with van der Waals surface area (Å²) in [6, 6.07) is 13.9. The minimum Gasteiger partial charge on any atom is -0.412 e. The molecule has 0 saturated carbocycles. The maximum atomic E-state index is 12.1. The van der Waals surface area contributed by atoms with E-state index in [1.807, 2.05) is 30.3 Å². The third kappa shape index (κ3) is 3.10.